The SMILES string of the molecule is CCCC(CN)(CCC)N1CCC2(CCCCC2)CC1. The third-order valence-electron chi connectivity index (χ3n) is 6.22. The van der Waals surface area contributed by atoms with Gasteiger partial charge in [0, 0.05) is 12.1 Å². The summed E-state index contributed by atoms with van der Waals surface area (Å²) >= 11 is 0. The van der Waals surface area contributed by atoms with Crippen molar-refractivity contribution in [3.63, 3.8) is 0 Å². The number of nitrogens with zero attached hydrogens (tertiary/aromatic N) is 1. The lowest BCUT2D eigenvalue weighted by molar-refractivity contribution is -0.00493. The molecule has 1 saturated heterocycles. The number of hydrogen-bond donors (Lipinski definition) is 1. The molecule has 0 amide bonds. The average molecular weight is 280 g/mol. The van der Waals surface area contributed by atoms with E-state index in [9.17, 15) is 0 Å². The number of nitrogens with two attached hydrogens (primary N) is 1. The van der Waals surface area contributed by atoms with Crippen LogP contribution in [0, 0.1) is 5.41 Å². The van der Waals surface area contributed by atoms with E-state index < -0.39 is 0 Å². The van der Waals surface area contributed by atoms with E-state index in [1.807, 2.05) is 0 Å². The lowest BCUT2D eigenvalue weighted by Crippen LogP contribution is -2.57. The van der Waals surface area contributed by atoms with Gasteiger partial charge in [-0.1, -0.05) is 46.0 Å². The van der Waals surface area contributed by atoms with Crippen molar-refractivity contribution in [3.05, 3.63) is 0 Å². The molecule has 0 aromatic rings. The summed E-state index contributed by atoms with van der Waals surface area (Å²) in [5, 5.41) is 0. The van der Waals surface area contributed by atoms with Crippen LogP contribution in [0.4, 0.5) is 0 Å². The van der Waals surface area contributed by atoms with E-state index >= 15 is 0 Å². The quantitative estimate of drug-likeness (QED) is 0.784. The van der Waals surface area contributed by atoms with Crippen molar-refractivity contribution in [1.29, 1.82) is 0 Å². The zero-order chi connectivity index (χ0) is 14.5. The van der Waals surface area contributed by atoms with Crippen LogP contribution in [0.5, 0.6) is 0 Å². The van der Waals surface area contributed by atoms with Gasteiger partial charge in [0.1, 0.15) is 0 Å². The number of piperidine rings is 1. The van der Waals surface area contributed by atoms with Gasteiger partial charge in [0.15, 0.2) is 0 Å². The molecule has 0 bridgehead atoms. The fourth-order valence-electron chi connectivity index (χ4n) is 4.96. The highest BCUT2D eigenvalue weighted by Gasteiger charge is 2.41. The van der Waals surface area contributed by atoms with Gasteiger partial charge in [0.2, 0.25) is 0 Å². The first-order valence-electron chi connectivity index (χ1n) is 9.15. The molecule has 1 aliphatic carbocycles. The molecule has 0 unspecified atom stereocenters. The first-order valence-corrected chi connectivity index (χ1v) is 9.15. The predicted octanol–water partition coefficient (Wildman–Crippen LogP) is 4.33. The Morgan fingerprint density at radius 1 is 0.900 bits per heavy atom. The Kier molecular flexibility index (Phi) is 5.92. The second-order valence-corrected chi connectivity index (χ2v) is 7.48. The van der Waals surface area contributed by atoms with Crippen molar-refractivity contribution in [2.75, 3.05) is 19.6 Å². The largest absolute Gasteiger partial charge is 0.329 e. The molecule has 0 atom stereocenters. The second kappa shape index (κ2) is 7.26. The lowest BCUT2D eigenvalue weighted by atomic mass is 9.67. The molecule has 1 saturated carbocycles. The van der Waals surface area contributed by atoms with E-state index in [2.05, 4.69) is 18.7 Å². The summed E-state index contributed by atoms with van der Waals surface area (Å²) in [7, 11) is 0. The summed E-state index contributed by atoms with van der Waals surface area (Å²) in [6.45, 7) is 8.08. The lowest BCUT2D eigenvalue weighted by Gasteiger charge is -2.51. The highest BCUT2D eigenvalue weighted by molar-refractivity contribution is 4.97. The van der Waals surface area contributed by atoms with E-state index in [1.54, 1.807) is 0 Å². The maximum absolute atomic E-state index is 6.24. The minimum Gasteiger partial charge on any atom is -0.329 e. The van der Waals surface area contributed by atoms with Crippen molar-refractivity contribution >= 4 is 0 Å². The van der Waals surface area contributed by atoms with Crippen LogP contribution in [-0.2, 0) is 0 Å². The monoisotopic (exact) mass is 280 g/mol. The smallest absolute Gasteiger partial charge is 0.0331 e. The van der Waals surface area contributed by atoms with Crippen molar-refractivity contribution in [2.45, 2.75) is 90.0 Å². The predicted molar refractivity (Wildman–Crippen MR) is 87.9 cm³/mol. The first-order chi connectivity index (χ1) is 9.70. The highest BCUT2D eigenvalue weighted by Crippen LogP contribution is 2.46. The van der Waals surface area contributed by atoms with Gasteiger partial charge in [0.25, 0.3) is 0 Å². The molecule has 1 heterocycles. The van der Waals surface area contributed by atoms with Crippen LogP contribution in [0.3, 0.4) is 0 Å². The summed E-state index contributed by atoms with van der Waals surface area (Å²) in [5.74, 6) is 0. The van der Waals surface area contributed by atoms with E-state index in [4.69, 9.17) is 5.73 Å². The Hall–Kier alpha value is -0.0800. The van der Waals surface area contributed by atoms with Gasteiger partial charge in [-0.25, -0.2) is 0 Å². The maximum atomic E-state index is 6.24. The summed E-state index contributed by atoms with van der Waals surface area (Å²) < 4.78 is 0. The molecule has 118 valence electrons. The Labute approximate surface area is 126 Å². The number of likely N-dealkylation sites (tertiary alicyclic amines) is 1. The van der Waals surface area contributed by atoms with Gasteiger partial charge in [-0.15, -0.1) is 0 Å². The van der Waals surface area contributed by atoms with Gasteiger partial charge in [-0.05, 0) is 57.0 Å². The minimum absolute atomic E-state index is 0.305. The molecule has 1 aliphatic heterocycles. The fourth-order valence-corrected chi connectivity index (χ4v) is 4.96. The van der Waals surface area contributed by atoms with Crippen molar-refractivity contribution in [1.82, 2.24) is 4.90 Å². The fraction of sp³-hybridized carbons (Fsp3) is 1.00. The van der Waals surface area contributed by atoms with Crippen LogP contribution in [0.25, 0.3) is 0 Å². The van der Waals surface area contributed by atoms with E-state index in [0.717, 1.165) is 6.54 Å². The second-order valence-electron chi connectivity index (χ2n) is 7.48. The van der Waals surface area contributed by atoms with Crippen LogP contribution in [0.15, 0.2) is 0 Å². The minimum atomic E-state index is 0.305. The van der Waals surface area contributed by atoms with Crippen molar-refractivity contribution in [3.8, 4) is 0 Å². The van der Waals surface area contributed by atoms with Gasteiger partial charge in [-0.2, -0.15) is 0 Å². The average Bonchev–Trinajstić information content (AvgIpc) is 2.48. The molecule has 1 spiro atoms. The molecule has 2 N–H and O–H groups in total. The normalized spacial score (nSPS) is 24.1. The van der Waals surface area contributed by atoms with Crippen LogP contribution in [-0.4, -0.2) is 30.1 Å². The molecule has 0 radical (unpaired) electrons. The van der Waals surface area contributed by atoms with Crippen LogP contribution in [0.1, 0.15) is 84.5 Å². The molecular weight excluding hydrogens is 244 g/mol. The maximum Gasteiger partial charge on any atom is 0.0331 e. The van der Waals surface area contributed by atoms with Crippen molar-refractivity contribution in [2.24, 2.45) is 11.1 Å². The van der Waals surface area contributed by atoms with E-state index in [1.165, 1.54) is 83.7 Å². The third kappa shape index (κ3) is 3.39. The first kappa shape index (κ1) is 16.3. The summed E-state index contributed by atoms with van der Waals surface area (Å²) in [6.07, 6.45) is 15.4. The number of hydrogen-bond acceptors (Lipinski definition) is 2. The molecule has 0 aromatic heterocycles. The molecule has 2 nitrogen and oxygen atoms in total. The van der Waals surface area contributed by atoms with Gasteiger partial charge >= 0.3 is 0 Å². The highest BCUT2D eigenvalue weighted by atomic mass is 15.2. The summed E-state index contributed by atoms with van der Waals surface area (Å²) in [6, 6.07) is 0. The molecule has 20 heavy (non-hydrogen) atoms. The molecule has 2 aliphatic rings. The Bertz CT molecular complexity index is 265. The third-order valence-corrected chi connectivity index (χ3v) is 6.22. The van der Waals surface area contributed by atoms with Crippen LogP contribution >= 0.6 is 0 Å². The molecular formula is C18H36N2. The van der Waals surface area contributed by atoms with E-state index in [-0.39, 0.29) is 0 Å². The van der Waals surface area contributed by atoms with Gasteiger partial charge < -0.3 is 5.73 Å². The van der Waals surface area contributed by atoms with Gasteiger partial charge in [-0.3, -0.25) is 4.90 Å². The molecule has 2 rings (SSSR count). The molecule has 2 fully saturated rings. The zero-order valence-corrected chi connectivity index (χ0v) is 13.9. The zero-order valence-electron chi connectivity index (χ0n) is 13.9. The summed E-state index contributed by atoms with van der Waals surface area (Å²) in [4.78, 5) is 2.78. The molecule has 0 aromatic carbocycles. The number of rotatable bonds is 6. The summed E-state index contributed by atoms with van der Waals surface area (Å²) in [5.41, 5.74) is 7.26. The van der Waals surface area contributed by atoms with E-state index in [0.29, 0.717) is 11.0 Å². The van der Waals surface area contributed by atoms with Crippen LogP contribution < -0.4 is 5.73 Å². The standard InChI is InChI=1S/C18H36N2/c1-3-8-18(16-19,9-4-2)20-14-12-17(13-15-20)10-6-5-7-11-17/h3-16,19H2,1-2H3. The topological polar surface area (TPSA) is 29.3 Å². The van der Waals surface area contributed by atoms with Crippen LogP contribution in [0.2, 0.25) is 0 Å². The molecule has 2 heteroatoms. The Morgan fingerprint density at radius 2 is 1.45 bits per heavy atom. The Balaban J connectivity index is 1.98. The van der Waals surface area contributed by atoms with Crippen molar-refractivity contribution < 1.29 is 0 Å². The Morgan fingerprint density at radius 3 is 1.90 bits per heavy atom. The van der Waals surface area contributed by atoms with Gasteiger partial charge in [0.05, 0.1) is 0 Å².